The third-order valence-electron chi connectivity index (χ3n) is 14.4. The van der Waals surface area contributed by atoms with Crippen LogP contribution in [0, 0.1) is 0 Å². The first-order chi connectivity index (χ1) is 31.2. The molecular formula is C59H119NO3. The summed E-state index contributed by atoms with van der Waals surface area (Å²) in [4.78, 5) is 12.5. The Morgan fingerprint density at radius 3 is 0.714 bits per heavy atom. The van der Waals surface area contributed by atoms with E-state index in [2.05, 4.69) is 19.2 Å². The van der Waals surface area contributed by atoms with E-state index in [1.54, 1.807) is 0 Å². The Morgan fingerprint density at radius 1 is 0.317 bits per heavy atom. The SMILES string of the molecule is CCCCCCCCCCCCCCCCCCCCCCCCCCCCCCCCCCCCCC(=O)NC(CO)C(O)CCCCCCCCCCCCCCCCCC. The summed E-state index contributed by atoms with van der Waals surface area (Å²) in [7, 11) is 0. The van der Waals surface area contributed by atoms with Crippen molar-refractivity contribution in [2.75, 3.05) is 6.61 Å². The normalized spacial score (nSPS) is 12.6. The van der Waals surface area contributed by atoms with Crippen molar-refractivity contribution in [3.63, 3.8) is 0 Å². The van der Waals surface area contributed by atoms with Crippen molar-refractivity contribution in [2.45, 2.75) is 366 Å². The number of hydrogen-bond acceptors (Lipinski definition) is 3. The van der Waals surface area contributed by atoms with Gasteiger partial charge in [0, 0.05) is 6.42 Å². The topological polar surface area (TPSA) is 69.6 Å². The molecular weight excluding hydrogens is 771 g/mol. The molecule has 0 fully saturated rings. The molecule has 4 heteroatoms. The average Bonchev–Trinajstić information content (AvgIpc) is 3.29. The first-order valence-corrected chi connectivity index (χ1v) is 29.7. The maximum atomic E-state index is 12.5. The third kappa shape index (κ3) is 52.2. The first-order valence-electron chi connectivity index (χ1n) is 29.7. The molecule has 0 aromatic rings. The van der Waals surface area contributed by atoms with E-state index in [0.717, 1.165) is 25.7 Å². The van der Waals surface area contributed by atoms with Crippen molar-refractivity contribution in [3.8, 4) is 0 Å². The summed E-state index contributed by atoms with van der Waals surface area (Å²) >= 11 is 0. The summed E-state index contributed by atoms with van der Waals surface area (Å²) in [5.41, 5.74) is 0. The van der Waals surface area contributed by atoms with Crippen LogP contribution in [0.15, 0.2) is 0 Å². The predicted molar refractivity (Wildman–Crippen MR) is 281 cm³/mol. The molecule has 0 aliphatic heterocycles. The Labute approximate surface area is 397 Å². The lowest BCUT2D eigenvalue weighted by Crippen LogP contribution is -2.45. The molecule has 3 N–H and O–H groups in total. The Kier molecular flexibility index (Phi) is 55.2. The molecule has 1 amide bonds. The lowest BCUT2D eigenvalue weighted by molar-refractivity contribution is -0.123. The molecule has 378 valence electrons. The van der Waals surface area contributed by atoms with Crippen LogP contribution in [-0.4, -0.2) is 34.9 Å². The Morgan fingerprint density at radius 2 is 0.508 bits per heavy atom. The number of carbonyl (C=O) groups is 1. The van der Waals surface area contributed by atoms with Crippen LogP contribution in [0.1, 0.15) is 354 Å². The van der Waals surface area contributed by atoms with Gasteiger partial charge in [0.2, 0.25) is 5.91 Å². The molecule has 0 radical (unpaired) electrons. The molecule has 0 saturated heterocycles. The van der Waals surface area contributed by atoms with Gasteiger partial charge in [0.05, 0.1) is 18.8 Å². The van der Waals surface area contributed by atoms with Crippen LogP contribution < -0.4 is 5.32 Å². The lowest BCUT2D eigenvalue weighted by Gasteiger charge is -2.22. The smallest absolute Gasteiger partial charge is 0.220 e. The van der Waals surface area contributed by atoms with E-state index in [0.29, 0.717) is 12.8 Å². The van der Waals surface area contributed by atoms with Crippen LogP contribution >= 0.6 is 0 Å². The van der Waals surface area contributed by atoms with Gasteiger partial charge in [-0.3, -0.25) is 4.79 Å². The summed E-state index contributed by atoms with van der Waals surface area (Å²) in [6, 6.07) is -0.531. The van der Waals surface area contributed by atoms with E-state index in [1.165, 1.54) is 302 Å². The fourth-order valence-corrected chi connectivity index (χ4v) is 9.84. The van der Waals surface area contributed by atoms with Gasteiger partial charge >= 0.3 is 0 Å². The minimum Gasteiger partial charge on any atom is -0.394 e. The van der Waals surface area contributed by atoms with Gasteiger partial charge in [-0.05, 0) is 12.8 Å². The monoisotopic (exact) mass is 890 g/mol. The van der Waals surface area contributed by atoms with Crippen LogP contribution in [-0.2, 0) is 4.79 Å². The Bertz CT molecular complexity index is 834. The van der Waals surface area contributed by atoms with Crippen molar-refractivity contribution in [1.29, 1.82) is 0 Å². The van der Waals surface area contributed by atoms with Crippen molar-refractivity contribution in [3.05, 3.63) is 0 Å². The van der Waals surface area contributed by atoms with E-state index in [9.17, 15) is 15.0 Å². The fraction of sp³-hybridized carbons (Fsp3) is 0.983. The Balaban J connectivity index is 3.34. The van der Waals surface area contributed by atoms with Gasteiger partial charge in [0.1, 0.15) is 0 Å². The molecule has 63 heavy (non-hydrogen) atoms. The largest absolute Gasteiger partial charge is 0.394 e. The van der Waals surface area contributed by atoms with Gasteiger partial charge in [0.25, 0.3) is 0 Å². The average molecular weight is 891 g/mol. The highest BCUT2D eigenvalue weighted by Crippen LogP contribution is 2.19. The highest BCUT2D eigenvalue weighted by Gasteiger charge is 2.20. The van der Waals surface area contributed by atoms with Crippen molar-refractivity contribution >= 4 is 5.91 Å². The number of carbonyl (C=O) groups excluding carboxylic acids is 1. The van der Waals surface area contributed by atoms with E-state index >= 15 is 0 Å². The van der Waals surface area contributed by atoms with Crippen molar-refractivity contribution in [1.82, 2.24) is 5.32 Å². The van der Waals surface area contributed by atoms with E-state index < -0.39 is 12.1 Å². The van der Waals surface area contributed by atoms with Gasteiger partial charge in [0.15, 0.2) is 0 Å². The van der Waals surface area contributed by atoms with Gasteiger partial charge in [-0.2, -0.15) is 0 Å². The second-order valence-corrected chi connectivity index (χ2v) is 20.8. The van der Waals surface area contributed by atoms with Crippen LogP contribution in [0.5, 0.6) is 0 Å². The number of amides is 1. The minimum absolute atomic E-state index is 0.0221. The molecule has 0 heterocycles. The predicted octanol–water partition coefficient (Wildman–Crippen LogP) is 19.5. The highest BCUT2D eigenvalue weighted by atomic mass is 16.3. The number of nitrogens with one attached hydrogen (secondary N) is 1. The maximum absolute atomic E-state index is 12.5. The Hall–Kier alpha value is -0.610. The summed E-state index contributed by atoms with van der Waals surface area (Å²) in [6.07, 6.45) is 71.2. The second-order valence-electron chi connectivity index (χ2n) is 20.8. The van der Waals surface area contributed by atoms with E-state index in [-0.39, 0.29) is 12.5 Å². The van der Waals surface area contributed by atoms with E-state index in [1.807, 2.05) is 0 Å². The second kappa shape index (κ2) is 55.7. The zero-order valence-electron chi connectivity index (χ0n) is 43.6. The number of hydrogen-bond donors (Lipinski definition) is 3. The van der Waals surface area contributed by atoms with Gasteiger partial charge in [-0.25, -0.2) is 0 Å². The number of aliphatic hydroxyl groups is 2. The molecule has 0 aromatic heterocycles. The van der Waals surface area contributed by atoms with Crippen molar-refractivity contribution < 1.29 is 15.0 Å². The molecule has 0 spiro atoms. The molecule has 0 aromatic carbocycles. The minimum atomic E-state index is -0.654. The highest BCUT2D eigenvalue weighted by molar-refractivity contribution is 5.76. The van der Waals surface area contributed by atoms with Crippen LogP contribution in [0.2, 0.25) is 0 Å². The van der Waals surface area contributed by atoms with Gasteiger partial charge in [-0.1, -0.05) is 335 Å². The summed E-state index contributed by atoms with van der Waals surface area (Å²) in [6.45, 7) is 4.40. The molecule has 0 saturated carbocycles. The molecule has 0 aliphatic carbocycles. The van der Waals surface area contributed by atoms with E-state index in [4.69, 9.17) is 0 Å². The fourth-order valence-electron chi connectivity index (χ4n) is 9.84. The molecule has 2 atom stereocenters. The van der Waals surface area contributed by atoms with Crippen LogP contribution in [0.25, 0.3) is 0 Å². The number of aliphatic hydroxyl groups excluding tert-OH is 2. The molecule has 0 rings (SSSR count). The van der Waals surface area contributed by atoms with Gasteiger partial charge in [-0.15, -0.1) is 0 Å². The standard InChI is InChI=1S/C59H119NO3/c1-3-5-7-9-11-13-15-17-19-21-22-23-24-25-26-27-28-29-30-31-32-33-34-35-36-37-38-39-41-43-45-47-49-51-53-55-59(63)60-57(56-61)58(62)54-52-50-48-46-44-42-40-20-18-16-14-12-10-8-6-4-2/h57-58,61-62H,3-56H2,1-2H3,(H,60,63). The summed E-state index contributed by atoms with van der Waals surface area (Å²) in [5.74, 6) is -0.0221. The molecule has 2 unspecified atom stereocenters. The summed E-state index contributed by atoms with van der Waals surface area (Å²) < 4.78 is 0. The first kappa shape index (κ1) is 62.4. The number of unbranched alkanes of at least 4 members (excludes halogenated alkanes) is 49. The van der Waals surface area contributed by atoms with Crippen LogP contribution in [0.4, 0.5) is 0 Å². The maximum Gasteiger partial charge on any atom is 0.220 e. The molecule has 0 aliphatic rings. The van der Waals surface area contributed by atoms with Crippen molar-refractivity contribution in [2.24, 2.45) is 0 Å². The van der Waals surface area contributed by atoms with Gasteiger partial charge < -0.3 is 15.5 Å². The quantitative estimate of drug-likeness (QED) is 0.0533. The van der Waals surface area contributed by atoms with Crippen LogP contribution in [0.3, 0.4) is 0 Å². The zero-order valence-corrected chi connectivity index (χ0v) is 43.6. The third-order valence-corrected chi connectivity index (χ3v) is 14.4. The summed E-state index contributed by atoms with van der Waals surface area (Å²) in [5, 5.41) is 23.3. The lowest BCUT2D eigenvalue weighted by atomic mass is 10.0. The zero-order chi connectivity index (χ0) is 45.6. The molecule has 0 bridgehead atoms. The number of rotatable bonds is 56. The molecule has 4 nitrogen and oxygen atoms in total.